The predicted molar refractivity (Wildman–Crippen MR) is 66.9 cm³/mol. The number of hydrogen-bond donors (Lipinski definition) is 2. The number of aromatic nitrogens is 1. The molecule has 0 spiro atoms. The van der Waals surface area contributed by atoms with Crippen LogP contribution in [-0.2, 0) is 4.74 Å². The van der Waals surface area contributed by atoms with E-state index in [9.17, 15) is 4.79 Å². The molecule has 3 N–H and O–H groups in total. The zero-order valence-electron chi connectivity index (χ0n) is 10.4. The SMILES string of the molecule is COCC(Nc1ccnc(C(N)=O)c1)C(C)C. The van der Waals surface area contributed by atoms with Crippen LogP contribution in [0.15, 0.2) is 18.3 Å². The minimum absolute atomic E-state index is 0.183. The van der Waals surface area contributed by atoms with Gasteiger partial charge in [-0.3, -0.25) is 9.78 Å². The van der Waals surface area contributed by atoms with Crippen molar-refractivity contribution in [3.63, 3.8) is 0 Å². The van der Waals surface area contributed by atoms with Crippen LogP contribution >= 0.6 is 0 Å². The minimum atomic E-state index is -0.526. The van der Waals surface area contributed by atoms with Crippen LogP contribution in [0.4, 0.5) is 5.69 Å². The molecule has 5 nitrogen and oxygen atoms in total. The second-order valence-electron chi connectivity index (χ2n) is 4.24. The number of primary amides is 1. The number of amides is 1. The van der Waals surface area contributed by atoms with Gasteiger partial charge in [0.25, 0.3) is 5.91 Å². The van der Waals surface area contributed by atoms with Gasteiger partial charge in [-0.2, -0.15) is 0 Å². The molecule has 1 unspecified atom stereocenters. The average molecular weight is 237 g/mol. The van der Waals surface area contributed by atoms with E-state index in [0.717, 1.165) is 5.69 Å². The first-order chi connectivity index (χ1) is 8.04. The minimum Gasteiger partial charge on any atom is -0.383 e. The highest BCUT2D eigenvalue weighted by Gasteiger charge is 2.13. The number of carbonyl (C=O) groups excluding carboxylic acids is 1. The van der Waals surface area contributed by atoms with Crippen molar-refractivity contribution in [2.75, 3.05) is 19.0 Å². The molecule has 0 aliphatic heterocycles. The molecule has 17 heavy (non-hydrogen) atoms. The lowest BCUT2D eigenvalue weighted by Gasteiger charge is -2.22. The Morgan fingerprint density at radius 3 is 2.82 bits per heavy atom. The molecule has 1 aromatic heterocycles. The fraction of sp³-hybridized carbons (Fsp3) is 0.500. The summed E-state index contributed by atoms with van der Waals surface area (Å²) in [5.74, 6) is -0.110. The van der Waals surface area contributed by atoms with Gasteiger partial charge in [0.1, 0.15) is 5.69 Å². The van der Waals surface area contributed by atoms with E-state index in [0.29, 0.717) is 12.5 Å². The molecule has 1 atom stereocenters. The van der Waals surface area contributed by atoms with Crippen molar-refractivity contribution < 1.29 is 9.53 Å². The Labute approximate surface area is 101 Å². The van der Waals surface area contributed by atoms with E-state index in [4.69, 9.17) is 10.5 Å². The van der Waals surface area contributed by atoms with Gasteiger partial charge in [-0.1, -0.05) is 13.8 Å². The highest BCUT2D eigenvalue weighted by atomic mass is 16.5. The first-order valence-corrected chi connectivity index (χ1v) is 5.56. The number of carbonyl (C=O) groups is 1. The number of nitrogens with two attached hydrogens (primary N) is 1. The first-order valence-electron chi connectivity index (χ1n) is 5.56. The number of hydrogen-bond acceptors (Lipinski definition) is 4. The Balaban J connectivity index is 2.78. The summed E-state index contributed by atoms with van der Waals surface area (Å²) in [6.07, 6.45) is 1.56. The maximum atomic E-state index is 11.0. The Morgan fingerprint density at radius 2 is 2.29 bits per heavy atom. The van der Waals surface area contributed by atoms with Gasteiger partial charge in [0, 0.05) is 19.0 Å². The van der Waals surface area contributed by atoms with Gasteiger partial charge in [-0.25, -0.2) is 0 Å². The van der Waals surface area contributed by atoms with Crippen LogP contribution in [0, 0.1) is 5.92 Å². The zero-order valence-corrected chi connectivity index (χ0v) is 10.4. The molecule has 0 saturated carbocycles. The third-order valence-electron chi connectivity index (χ3n) is 2.52. The third-order valence-corrected chi connectivity index (χ3v) is 2.52. The van der Waals surface area contributed by atoms with Crippen molar-refractivity contribution in [1.82, 2.24) is 4.98 Å². The van der Waals surface area contributed by atoms with Gasteiger partial charge in [0.05, 0.1) is 12.6 Å². The molecule has 5 heteroatoms. The monoisotopic (exact) mass is 237 g/mol. The second kappa shape index (κ2) is 6.20. The number of rotatable bonds is 6. The predicted octanol–water partition coefficient (Wildman–Crippen LogP) is 1.26. The van der Waals surface area contributed by atoms with Crippen LogP contribution in [0.2, 0.25) is 0 Å². The van der Waals surface area contributed by atoms with Crippen molar-refractivity contribution in [3.8, 4) is 0 Å². The number of nitrogens with one attached hydrogen (secondary N) is 1. The normalized spacial score (nSPS) is 12.5. The lowest BCUT2D eigenvalue weighted by Crippen LogP contribution is -2.30. The van der Waals surface area contributed by atoms with Crippen molar-refractivity contribution >= 4 is 11.6 Å². The Hall–Kier alpha value is -1.62. The number of pyridine rings is 1. The lowest BCUT2D eigenvalue weighted by molar-refractivity contribution is 0.0995. The van der Waals surface area contributed by atoms with Gasteiger partial charge >= 0.3 is 0 Å². The van der Waals surface area contributed by atoms with Crippen LogP contribution in [0.25, 0.3) is 0 Å². The summed E-state index contributed by atoms with van der Waals surface area (Å²) in [6.45, 7) is 4.81. The third kappa shape index (κ3) is 4.03. The van der Waals surface area contributed by atoms with E-state index in [1.165, 1.54) is 0 Å². The summed E-state index contributed by atoms with van der Waals surface area (Å²) in [7, 11) is 1.67. The van der Waals surface area contributed by atoms with Gasteiger partial charge in [0.15, 0.2) is 0 Å². The Morgan fingerprint density at radius 1 is 1.59 bits per heavy atom. The quantitative estimate of drug-likeness (QED) is 0.781. The summed E-state index contributed by atoms with van der Waals surface area (Å²) >= 11 is 0. The Kier molecular flexibility index (Phi) is 4.90. The van der Waals surface area contributed by atoms with Gasteiger partial charge in [0.2, 0.25) is 0 Å². The Bertz CT molecular complexity index is 380. The molecule has 1 rings (SSSR count). The second-order valence-corrected chi connectivity index (χ2v) is 4.24. The van der Waals surface area contributed by atoms with E-state index >= 15 is 0 Å². The molecule has 0 aromatic carbocycles. The van der Waals surface area contributed by atoms with E-state index in [2.05, 4.69) is 24.1 Å². The van der Waals surface area contributed by atoms with Gasteiger partial charge in [-0.15, -0.1) is 0 Å². The fourth-order valence-corrected chi connectivity index (χ4v) is 1.45. The number of anilines is 1. The average Bonchev–Trinajstić information content (AvgIpc) is 2.28. The standard InChI is InChI=1S/C12H19N3O2/c1-8(2)11(7-17-3)15-9-4-5-14-10(6-9)12(13)16/h4-6,8,11H,7H2,1-3H3,(H2,13,16)(H,14,15). The molecule has 0 bridgehead atoms. The van der Waals surface area contributed by atoms with E-state index in [-0.39, 0.29) is 11.7 Å². The van der Waals surface area contributed by atoms with E-state index in [1.807, 2.05) is 0 Å². The molecule has 1 heterocycles. The maximum Gasteiger partial charge on any atom is 0.267 e. The van der Waals surface area contributed by atoms with Crippen molar-refractivity contribution in [2.24, 2.45) is 11.7 Å². The number of ether oxygens (including phenoxy) is 1. The van der Waals surface area contributed by atoms with E-state index < -0.39 is 5.91 Å². The molecule has 0 fully saturated rings. The highest BCUT2D eigenvalue weighted by molar-refractivity contribution is 5.91. The molecule has 1 amide bonds. The molecule has 94 valence electrons. The first kappa shape index (κ1) is 13.4. The van der Waals surface area contributed by atoms with Crippen LogP contribution in [0.1, 0.15) is 24.3 Å². The summed E-state index contributed by atoms with van der Waals surface area (Å²) in [6, 6.07) is 3.63. The molecule has 1 aromatic rings. The van der Waals surface area contributed by atoms with Crippen LogP contribution in [0.3, 0.4) is 0 Å². The maximum absolute atomic E-state index is 11.0. The van der Waals surface area contributed by atoms with Crippen molar-refractivity contribution in [2.45, 2.75) is 19.9 Å². The lowest BCUT2D eigenvalue weighted by atomic mass is 10.1. The molecule has 0 radical (unpaired) electrons. The topological polar surface area (TPSA) is 77.2 Å². The molecule has 0 aliphatic rings. The molecular weight excluding hydrogens is 218 g/mol. The summed E-state index contributed by atoms with van der Waals surface area (Å²) < 4.78 is 5.15. The molecular formula is C12H19N3O2. The summed E-state index contributed by atoms with van der Waals surface area (Å²) in [5, 5.41) is 3.30. The van der Waals surface area contributed by atoms with Crippen LogP contribution < -0.4 is 11.1 Å². The molecule has 0 saturated heterocycles. The smallest absolute Gasteiger partial charge is 0.267 e. The number of nitrogens with zero attached hydrogens (tertiary/aromatic N) is 1. The van der Waals surface area contributed by atoms with Crippen molar-refractivity contribution in [3.05, 3.63) is 24.0 Å². The van der Waals surface area contributed by atoms with Gasteiger partial charge in [-0.05, 0) is 18.1 Å². The largest absolute Gasteiger partial charge is 0.383 e. The van der Waals surface area contributed by atoms with Crippen LogP contribution in [0.5, 0.6) is 0 Å². The zero-order chi connectivity index (χ0) is 12.8. The summed E-state index contributed by atoms with van der Waals surface area (Å²) in [5.41, 5.74) is 6.26. The van der Waals surface area contributed by atoms with Gasteiger partial charge < -0.3 is 15.8 Å². The van der Waals surface area contributed by atoms with Crippen LogP contribution in [-0.4, -0.2) is 30.6 Å². The molecule has 0 aliphatic carbocycles. The number of methoxy groups -OCH3 is 1. The van der Waals surface area contributed by atoms with Crippen molar-refractivity contribution in [1.29, 1.82) is 0 Å². The highest BCUT2D eigenvalue weighted by Crippen LogP contribution is 2.13. The summed E-state index contributed by atoms with van der Waals surface area (Å²) in [4.78, 5) is 14.9. The fourth-order valence-electron chi connectivity index (χ4n) is 1.45. The van der Waals surface area contributed by atoms with E-state index in [1.54, 1.807) is 25.4 Å².